The van der Waals surface area contributed by atoms with Crippen LogP contribution in [-0.4, -0.2) is 50.3 Å². The molecule has 1 fully saturated rings. The fourth-order valence-electron chi connectivity index (χ4n) is 2.11. The first-order valence-electron chi connectivity index (χ1n) is 6.24. The Hall–Kier alpha value is -0.120. The van der Waals surface area contributed by atoms with E-state index in [0.29, 0.717) is 6.04 Å². The van der Waals surface area contributed by atoms with Gasteiger partial charge in [-0.1, -0.05) is 6.92 Å². The van der Waals surface area contributed by atoms with Gasteiger partial charge in [0, 0.05) is 32.3 Å². The minimum atomic E-state index is 0.648. The van der Waals surface area contributed by atoms with E-state index in [9.17, 15) is 0 Å². The molecular weight excluding hydrogens is 188 g/mol. The van der Waals surface area contributed by atoms with Gasteiger partial charge < -0.3 is 10.1 Å². The van der Waals surface area contributed by atoms with E-state index in [2.05, 4.69) is 24.1 Å². The molecule has 1 heterocycles. The fraction of sp³-hybridized carbons (Fsp3) is 1.00. The van der Waals surface area contributed by atoms with Crippen molar-refractivity contribution >= 4 is 0 Å². The minimum Gasteiger partial charge on any atom is -0.383 e. The molecule has 1 saturated heterocycles. The lowest BCUT2D eigenvalue weighted by Gasteiger charge is -2.25. The Labute approximate surface area is 94.2 Å². The second-order valence-electron chi connectivity index (χ2n) is 4.54. The van der Waals surface area contributed by atoms with Crippen molar-refractivity contribution in [1.29, 1.82) is 0 Å². The standard InChI is InChI=1S/C12H26N2O/c1-4-11(2)13-10-12-6-5-7-14(12)8-9-15-3/h11-13H,4-10H2,1-3H3. The normalized spacial score (nSPS) is 24.6. The third-order valence-electron chi connectivity index (χ3n) is 3.40. The van der Waals surface area contributed by atoms with Crippen molar-refractivity contribution in [3.63, 3.8) is 0 Å². The Morgan fingerprint density at radius 2 is 2.33 bits per heavy atom. The van der Waals surface area contributed by atoms with Crippen LogP contribution in [0.4, 0.5) is 0 Å². The van der Waals surface area contributed by atoms with Crippen LogP contribution in [0.3, 0.4) is 0 Å². The second kappa shape index (κ2) is 7.20. The van der Waals surface area contributed by atoms with Gasteiger partial charge in [0.05, 0.1) is 6.61 Å². The Balaban J connectivity index is 2.20. The van der Waals surface area contributed by atoms with Gasteiger partial charge in [0.25, 0.3) is 0 Å². The van der Waals surface area contributed by atoms with Crippen molar-refractivity contribution < 1.29 is 4.74 Å². The van der Waals surface area contributed by atoms with Crippen molar-refractivity contribution in [2.75, 3.05) is 33.4 Å². The summed E-state index contributed by atoms with van der Waals surface area (Å²) in [6.45, 7) is 8.82. The predicted molar refractivity (Wildman–Crippen MR) is 64.2 cm³/mol. The van der Waals surface area contributed by atoms with Crippen molar-refractivity contribution in [2.24, 2.45) is 0 Å². The van der Waals surface area contributed by atoms with Gasteiger partial charge in [0.15, 0.2) is 0 Å². The summed E-state index contributed by atoms with van der Waals surface area (Å²) in [4.78, 5) is 2.55. The molecule has 1 aliphatic heterocycles. The van der Waals surface area contributed by atoms with E-state index in [1.54, 1.807) is 7.11 Å². The molecule has 3 nitrogen and oxygen atoms in total. The number of likely N-dealkylation sites (tertiary alicyclic amines) is 1. The Morgan fingerprint density at radius 3 is 3.00 bits per heavy atom. The van der Waals surface area contributed by atoms with E-state index in [0.717, 1.165) is 25.7 Å². The molecule has 0 aromatic heterocycles. The van der Waals surface area contributed by atoms with Gasteiger partial charge in [0.1, 0.15) is 0 Å². The average molecular weight is 214 g/mol. The third kappa shape index (κ3) is 4.49. The highest BCUT2D eigenvalue weighted by Gasteiger charge is 2.23. The van der Waals surface area contributed by atoms with Crippen molar-refractivity contribution in [2.45, 2.75) is 45.2 Å². The largest absolute Gasteiger partial charge is 0.383 e. The molecule has 0 aromatic carbocycles. The zero-order valence-electron chi connectivity index (χ0n) is 10.5. The van der Waals surface area contributed by atoms with Gasteiger partial charge in [-0.15, -0.1) is 0 Å². The summed E-state index contributed by atoms with van der Waals surface area (Å²) in [5.41, 5.74) is 0. The number of rotatable bonds is 7. The van der Waals surface area contributed by atoms with Crippen molar-refractivity contribution in [3.8, 4) is 0 Å². The summed E-state index contributed by atoms with van der Waals surface area (Å²) in [5.74, 6) is 0. The predicted octanol–water partition coefficient (Wildman–Crippen LogP) is 1.49. The van der Waals surface area contributed by atoms with Gasteiger partial charge in [-0.2, -0.15) is 0 Å². The molecule has 0 bridgehead atoms. The zero-order valence-corrected chi connectivity index (χ0v) is 10.5. The highest BCUT2D eigenvalue weighted by atomic mass is 16.5. The highest BCUT2D eigenvalue weighted by Crippen LogP contribution is 2.16. The monoisotopic (exact) mass is 214 g/mol. The van der Waals surface area contributed by atoms with Crippen LogP contribution in [0.15, 0.2) is 0 Å². The number of methoxy groups -OCH3 is 1. The quantitative estimate of drug-likeness (QED) is 0.695. The third-order valence-corrected chi connectivity index (χ3v) is 3.40. The number of hydrogen-bond donors (Lipinski definition) is 1. The molecule has 0 aromatic rings. The summed E-state index contributed by atoms with van der Waals surface area (Å²) in [7, 11) is 1.78. The lowest BCUT2D eigenvalue weighted by molar-refractivity contribution is 0.139. The summed E-state index contributed by atoms with van der Waals surface area (Å²) >= 11 is 0. The lowest BCUT2D eigenvalue weighted by Crippen LogP contribution is -2.41. The molecule has 1 aliphatic rings. The van der Waals surface area contributed by atoms with Crippen LogP contribution < -0.4 is 5.32 Å². The molecule has 0 spiro atoms. The highest BCUT2D eigenvalue weighted by molar-refractivity contribution is 4.81. The van der Waals surface area contributed by atoms with Gasteiger partial charge >= 0.3 is 0 Å². The average Bonchev–Trinajstić information content (AvgIpc) is 2.70. The molecule has 90 valence electrons. The van der Waals surface area contributed by atoms with Gasteiger partial charge in [0.2, 0.25) is 0 Å². The molecule has 2 unspecified atom stereocenters. The fourth-order valence-corrected chi connectivity index (χ4v) is 2.11. The maximum absolute atomic E-state index is 5.14. The van der Waals surface area contributed by atoms with E-state index in [1.165, 1.54) is 25.8 Å². The van der Waals surface area contributed by atoms with Gasteiger partial charge in [-0.05, 0) is 32.7 Å². The molecule has 3 heteroatoms. The van der Waals surface area contributed by atoms with E-state index < -0.39 is 0 Å². The first-order valence-corrected chi connectivity index (χ1v) is 6.24. The number of nitrogens with zero attached hydrogens (tertiary/aromatic N) is 1. The van der Waals surface area contributed by atoms with Crippen LogP contribution in [0.25, 0.3) is 0 Å². The zero-order chi connectivity index (χ0) is 11.1. The molecular formula is C12H26N2O. The van der Waals surface area contributed by atoms with Crippen molar-refractivity contribution in [1.82, 2.24) is 10.2 Å². The molecule has 1 rings (SSSR count). The molecule has 0 radical (unpaired) electrons. The number of hydrogen-bond acceptors (Lipinski definition) is 3. The SMILES string of the molecule is CCC(C)NCC1CCCN1CCOC. The van der Waals surface area contributed by atoms with Crippen molar-refractivity contribution in [3.05, 3.63) is 0 Å². The van der Waals surface area contributed by atoms with Crippen LogP contribution >= 0.6 is 0 Å². The summed E-state index contributed by atoms with van der Waals surface area (Å²) in [6.07, 6.45) is 3.90. The summed E-state index contributed by atoms with van der Waals surface area (Å²) in [5, 5.41) is 3.60. The van der Waals surface area contributed by atoms with Crippen LogP contribution in [0.5, 0.6) is 0 Å². The summed E-state index contributed by atoms with van der Waals surface area (Å²) < 4.78 is 5.14. The molecule has 2 atom stereocenters. The van der Waals surface area contributed by atoms with E-state index in [4.69, 9.17) is 4.74 Å². The minimum absolute atomic E-state index is 0.648. The molecule has 0 amide bonds. The van der Waals surface area contributed by atoms with Crippen LogP contribution in [0, 0.1) is 0 Å². The molecule has 0 aliphatic carbocycles. The van der Waals surface area contributed by atoms with E-state index in [-0.39, 0.29) is 0 Å². The van der Waals surface area contributed by atoms with E-state index in [1.807, 2.05) is 0 Å². The maximum atomic E-state index is 5.14. The molecule has 0 saturated carbocycles. The van der Waals surface area contributed by atoms with Crippen LogP contribution in [-0.2, 0) is 4.74 Å². The first kappa shape index (κ1) is 12.9. The molecule has 15 heavy (non-hydrogen) atoms. The van der Waals surface area contributed by atoms with Crippen LogP contribution in [0.1, 0.15) is 33.1 Å². The Morgan fingerprint density at radius 1 is 1.53 bits per heavy atom. The second-order valence-corrected chi connectivity index (χ2v) is 4.54. The van der Waals surface area contributed by atoms with Gasteiger partial charge in [-0.3, -0.25) is 4.90 Å². The Kier molecular flexibility index (Phi) is 6.22. The topological polar surface area (TPSA) is 24.5 Å². The number of ether oxygens (including phenoxy) is 1. The number of nitrogens with one attached hydrogen (secondary N) is 1. The van der Waals surface area contributed by atoms with Crippen LogP contribution in [0.2, 0.25) is 0 Å². The maximum Gasteiger partial charge on any atom is 0.0589 e. The smallest absolute Gasteiger partial charge is 0.0589 e. The van der Waals surface area contributed by atoms with E-state index >= 15 is 0 Å². The summed E-state index contributed by atoms with van der Waals surface area (Å²) in [6, 6.07) is 1.38. The lowest BCUT2D eigenvalue weighted by atomic mass is 10.2. The van der Waals surface area contributed by atoms with Gasteiger partial charge in [-0.25, -0.2) is 0 Å². The molecule has 1 N–H and O–H groups in total. The Bertz CT molecular complexity index is 164. The first-order chi connectivity index (χ1) is 7.27.